The predicted molar refractivity (Wildman–Crippen MR) is 159 cm³/mol. The standard InChI is InChI=1S/C29H40N8O3/c1-19-25(12-23(18-33-19)35-26(38)7-5-6-20-13-29(2,3)14-20)36-28(39)27(37-31)24-9-8-21(17-34-24)22(15-30)16-32-10-11-40-4/h8-9,12,15-18,20H,5-7,10-11,13-14,30-31H2,1-4H3,(H,35,38)(H,36,39)/b22-15+,32-16?,37-27+. The van der Waals surface area contributed by atoms with Crippen molar-refractivity contribution in [2.75, 3.05) is 30.9 Å². The molecule has 0 bridgehead atoms. The van der Waals surface area contributed by atoms with Gasteiger partial charge in [-0.15, -0.1) is 0 Å². The van der Waals surface area contributed by atoms with E-state index in [1.165, 1.54) is 19.0 Å². The van der Waals surface area contributed by atoms with Crippen LogP contribution < -0.4 is 22.2 Å². The molecule has 3 rings (SSSR count). The first-order chi connectivity index (χ1) is 19.2. The first-order valence-electron chi connectivity index (χ1n) is 13.4. The molecule has 0 radical (unpaired) electrons. The Morgan fingerprint density at radius 1 is 1.20 bits per heavy atom. The van der Waals surface area contributed by atoms with Crippen LogP contribution in [0.15, 0.2) is 46.9 Å². The van der Waals surface area contributed by atoms with Gasteiger partial charge in [0.1, 0.15) is 0 Å². The molecular formula is C29H40N8O3. The molecule has 6 N–H and O–H groups in total. The topological polar surface area (TPSA) is 170 Å². The van der Waals surface area contributed by atoms with Crippen molar-refractivity contribution in [1.82, 2.24) is 9.97 Å². The van der Waals surface area contributed by atoms with Crippen LogP contribution in [0, 0.1) is 18.3 Å². The van der Waals surface area contributed by atoms with Crippen molar-refractivity contribution < 1.29 is 14.3 Å². The molecule has 2 aromatic heterocycles. The number of nitrogens with two attached hydrogens (primary N) is 2. The number of aromatic nitrogens is 2. The molecule has 0 saturated heterocycles. The molecule has 0 atom stereocenters. The fraction of sp³-hybridized carbons (Fsp3) is 0.448. The summed E-state index contributed by atoms with van der Waals surface area (Å²) < 4.78 is 4.98. The van der Waals surface area contributed by atoms with Crippen LogP contribution in [0.1, 0.15) is 62.9 Å². The third-order valence-corrected chi connectivity index (χ3v) is 6.84. The summed E-state index contributed by atoms with van der Waals surface area (Å²) in [5.41, 5.74) is 9.27. The van der Waals surface area contributed by atoms with Crippen molar-refractivity contribution in [3.8, 4) is 0 Å². The van der Waals surface area contributed by atoms with Crippen LogP contribution in [0.5, 0.6) is 0 Å². The molecule has 1 aliphatic carbocycles. The molecule has 2 heterocycles. The van der Waals surface area contributed by atoms with Crippen molar-refractivity contribution in [2.45, 2.75) is 52.9 Å². The predicted octanol–water partition coefficient (Wildman–Crippen LogP) is 3.65. The molecule has 1 aliphatic rings. The number of aliphatic imine (C=N–C) groups is 1. The maximum absolute atomic E-state index is 13.1. The number of nitrogens with one attached hydrogen (secondary N) is 2. The molecule has 1 fully saturated rings. The van der Waals surface area contributed by atoms with Crippen LogP contribution in [0.2, 0.25) is 0 Å². The summed E-state index contributed by atoms with van der Waals surface area (Å²) in [7, 11) is 1.61. The van der Waals surface area contributed by atoms with Gasteiger partial charge >= 0.3 is 0 Å². The zero-order chi connectivity index (χ0) is 29.1. The number of hydrogen-bond donors (Lipinski definition) is 4. The first-order valence-corrected chi connectivity index (χ1v) is 13.4. The Kier molecular flexibility index (Phi) is 10.9. The SMILES string of the molecule is COCCN=C/C(=C\N)c1ccc(/C(=N\N)C(=O)Nc2cc(NC(=O)CCCC3CC(C)(C)C3)cnc2C)nc1. The number of amides is 2. The van der Waals surface area contributed by atoms with Gasteiger partial charge in [-0.3, -0.25) is 24.5 Å². The molecule has 0 unspecified atom stereocenters. The van der Waals surface area contributed by atoms with Crippen molar-refractivity contribution in [3.63, 3.8) is 0 Å². The number of ether oxygens (including phenoxy) is 1. The highest BCUT2D eigenvalue weighted by molar-refractivity contribution is 6.48. The smallest absolute Gasteiger partial charge is 0.278 e. The van der Waals surface area contributed by atoms with Gasteiger partial charge in [0.05, 0.1) is 42.1 Å². The Morgan fingerprint density at radius 2 is 1.98 bits per heavy atom. The Balaban J connectivity index is 1.59. The van der Waals surface area contributed by atoms with Gasteiger partial charge in [-0.05, 0) is 56.1 Å². The summed E-state index contributed by atoms with van der Waals surface area (Å²) in [5.74, 6) is 5.64. The average molecular weight is 549 g/mol. The molecule has 0 aromatic carbocycles. The number of pyridine rings is 2. The molecular weight excluding hydrogens is 508 g/mol. The van der Waals surface area contributed by atoms with E-state index >= 15 is 0 Å². The van der Waals surface area contributed by atoms with Crippen molar-refractivity contribution in [2.24, 2.45) is 33.0 Å². The molecule has 2 amide bonds. The number of hydrazone groups is 1. The molecule has 0 spiro atoms. The number of rotatable bonds is 13. The first kappa shape index (κ1) is 30.4. The number of nitrogens with zero attached hydrogens (tertiary/aromatic N) is 4. The third-order valence-electron chi connectivity index (χ3n) is 6.84. The lowest BCUT2D eigenvalue weighted by Crippen LogP contribution is -2.31. The minimum absolute atomic E-state index is 0.0633. The van der Waals surface area contributed by atoms with Gasteiger partial charge in [-0.2, -0.15) is 5.10 Å². The van der Waals surface area contributed by atoms with Crippen LogP contribution in [-0.4, -0.2) is 54.0 Å². The van der Waals surface area contributed by atoms with E-state index in [1.54, 1.807) is 50.8 Å². The summed E-state index contributed by atoms with van der Waals surface area (Å²) in [6.07, 6.45) is 11.0. The average Bonchev–Trinajstić information content (AvgIpc) is 2.90. The number of hydrogen-bond acceptors (Lipinski definition) is 9. The second-order valence-electron chi connectivity index (χ2n) is 10.7. The van der Waals surface area contributed by atoms with Gasteiger partial charge in [-0.1, -0.05) is 19.9 Å². The van der Waals surface area contributed by atoms with Crippen LogP contribution in [-0.2, 0) is 14.3 Å². The summed E-state index contributed by atoms with van der Waals surface area (Å²) in [6, 6.07) is 5.04. The van der Waals surface area contributed by atoms with Crippen molar-refractivity contribution in [1.29, 1.82) is 0 Å². The van der Waals surface area contributed by atoms with E-state index in [9.17, 15) is 9.59 Å². The Bertz CT molecular complexity index is 1260. The van der Waals surface area contributed by atoms with Gasteiger partial charge in [0.15, 0.2) is 5.71 Å². The van der Waals surface area contributed by atoms with Gasteiger partial charge in [0.25, 0.3) is 5.91 Å². The molecule has 11 heteroatoms. The van der Waals surface area contributed by atoms with Crippen LogP contribution >= 0.6 is 0 Å². The van der Waals surface area contributed by atoms with Gasteiger partial charge in [-0.25, -0.2) is 0 Å². The highest BCUT2D eigenvalue weighted by Gasteiger charge is 2.35. The highest BCUT2D eigenvalue weighted by Crippen LogP contribution is 2.46. The zero-order valence-electron chi connectivity index (χ0n) is 23.7. The Labute approximate surface area is 235 Å². The third kappa shape index (κ3) is 8.70. The molecule has 0 aliphatic heterocycles. The number of methoxy groups -OCH3 is 1. The minimum atomic E-state index is -0.560. The Morgan fingerprint density at radius 3 is 2.60 bits per heavy atom. The second-order valence-corrected chi connectivity index (χ2v) is 10.7. The fourth-order valence-electron chi connectivity index (χ4n) is 4.86. The number of carbonyl (C=O) groups excluding carboxylic acids is 2. The molecule has 11 nitrogen and oxygen atoms in total. The fourth-order valence-corrected chi connectivity index (χ4v) is 4.86. The molecule has 1 saturated carbocycles. The lowest BCUT2D eigenvalue weighted by Gasteiger charge is -2.42. The maximum atomic E-state index is 13.1. The number of allylic oxidation sites excluding steroid dienone is 1. The second kappa shape index (κ2) is 14.3. The lowest BCUT2D eigenvalue weighted by molar-refractivity contribution is -0.116. The van der Waals surface area contributed by atoms with E-state index in [0.29, 0.717) is 59.1 Å². The largest absolute Gasteiger partial charge is 0.404 e. The van der Waals surface area contributed by atoms with Gasteiger partial charge in [0.2, 0.25) is 5.91 Å². The minimum Gasteiger partial charge on any atom is -0.404 e. The van der Waals surface area contributed by atoms with Crippen LogP contribution in [0.4, 0.5) is 11.4 Å². The lowest BCUT2D eigenvalue weighted by atomic mass is 9.63. The van der Waals surface area contributed by atoms with E-state index in [1.807, 2.05) is 0 Å². The maximum Gasteiger partial charge on any atom is 0.278 e. The van der Waals surface area contributed by atoms with Gasteiger partial charge in [0, 0.05) is 43.3 Å². The quantitative estimate of drug-likeness (QED) is 0.128. The summed E-state index contributed by atoms with van der Waals surface area (Å²) in [6.45, 7) is 7.32. The van der Waals surface area contributed by atoms with Crippen LogP contribution in [0.25, 0.3) is 5.57 Å². The highest BCUT2D eigenvalue weighted by atomic mass is 16.5. The van der Waals surface area contributed by atoms with Gasteiger partial charge < -0.3 is 26.9 Å². The van der Waals surface area contributed by atoms with E-state index in [2.05, 4.69) is 44.5 Å². The summed E-state index contributed by atoms with van der Waals surface area (Å²) in [4.78, 5) is 38.4. The van der Waals surface area contributed by atoms with E-state index < -0.39 is 5.91 Å². The molecule has 2 aromatic rings. The van der Waals surface area contributed by atoms with E-state index in [4.69, 9.17) is 16.3 Å². The molecule has 40 heavy (non-hydrogen) atoms. The van der Waals surface area contributed by atoms with E-state index in [-0.39, 0.29) is 17.3 Å². The molecule has 214 valence electrons. The van der Waals surface area contributed by atoms with E-state index in [0.717, 1.165) is 12.8 Å². The van der Waals surface area contributed by atoms with Crippen molar-refractivity contribution in [3.05, 3.63) is 53.7 Å². The number of anilines is 2. The number of aryl methyl sites for hydroxylation is 1. The van der Waals surface area contributed by atoms with Crippen molar-refractivity contribution >= 4 is 40.7 Å². The zero-order valence-corrected chi connectivity index (χ0v) is 23.7. The number of carbonyl (C=O) groups is 2. The monoisotopic (exact) mass is 548 g/mol. The van der Waals surface area contributed by atoms with Crippen LogP contribution in [0.3, 0.4) is 0 Å². The normalized spacial score (nSPS) is 15.6. The Hall–Kier alpha value is -4.12. The summed E-state index contributed by atoms with van der Waals surface area (Å²) >= 11 is 0. The summed E-state index contributed by atoms with van der Waals surface area (Å²) in [5, 5.41) is 9.31.